The van der Waals surface area contributed by atoms with E-state index in [-0.39, 0.29) is 11.7 Å². The molecular formula is C15H11ClN2O2S. The van der Waals surface area contributed by atoms with Crippen molar-refractivity contribution in [3.05, 3.63) is 58.3 Å². The van der Waals surface area contributed by atoms with Gasteiger partial charge in [-0.05, 0) is 31.2 Å². The number of rotatable bonds is 3. The van der Waals surface area contributed by atoms with Gasteiger partial charge in [-0.15, -0.1) is 11.3 Å². The highest BCUT2D eigenvalue weighted by molar-refractivity contribution is 7.13. The van der Waals surface area contributed by atoms with Crippen molar-refractivity contribution >= 4 is 34.0 Å². The molecular weight excluding hydrogens is 308 g/mol. The Labute approximate surface area is 130 Å². The van der Waals surface area contributed by atoms with Gasteiger partial charge in [0.2, 0.25) is 0 Å². The van der Waals surface area contributed by atoms with Gasteiger partial charge >= 0.3 is 0 Å². The molecule has 0 saturated carbocycles. The van der Waals surface area contributed by atoms with Gasteiger partial charge in [-0.25, -0.2) is 4.98 Å². The number of nitrogens with zero attached hydrogens (tertiary/aromatic N) is 1. The number of furan rings is 1. The molecule has 21 heavy (non-hydrogen) atoms. The van der Waals surface area contributed by atoms with Crippen LogP contribution in [0.15, 0.2) is 46.2 Å². The van der Waals surface area contributed by atoms with Gasteiger partial charge < -0.3 is 4.42 Å². The number of benzene rings is 1. The molecule has 0 aliphatic carbocycles. The zero-order valence-corrected chi connectivity index (χ0v) is 12.7. The Morgan fingerprint density at radius 2 is 2.10 bits per heavy atom. The van der Waals surface area contributed by atoms with Crippen LogP contribution in [0.4, 0.5) is 5.13 Å². The average Bonchev–Trinajstić information content (AvgIpc) is 3.09. The predicted octanol–water partition coefficient (Wildman–Crippen LogP) is 4.62. The lowest BCUT2D eigenvalue weighted by atomic mass is 10.2. The zero-order valence-electron chi connectivity index (χ0n) is 11.1. The second-order valence-corrected chi connectivity index (χ2v) is 5.66. The van der Waals surface area contributed by atoms with E-state index in [1.54, 1.807) is 18.2 Å². The highest BCUT2D eigenvalue weighted by atomic mass is 35.5. The van der Waals surface area contributed by atoms with Gasteiger partial charge in [0.15, 0.2) is 10.9 Å². The third-order valence-corrected chi connectivity index (χ3v) is 4.01. The van der Waals surface area contributed by atoms with E-state index in [0.29, 0.717) is 15.9 Å². The molecule has 0 fully saturated rings. The summed E-state index contributed by atoms with van der Waals surface area (Å²) in [5, 5.41) is 5.70. The lowest BCUT2D eigenvalue weighted by molar-refractivity contribution is 0.0997. The first-order chi connectivity index (χ1) is 10.1. The van der Waals surface area contributed by atoms with Crippen molar-refractivity contribution in [1.82, 2.24) is 4.98 Å². The molecule has 4 nitrogen and oxygen atoms in total. The maximum absolute atomic E-state index is 12.1. The fourth-order valence-corrected chi connectivity index (χ4v) is 2.75. The standard InChI is InChI=1S/C15H11ClN2O2S/c1-9-8-21-15(17-9)18-14(19)13-7-6-12(20-13)10-4-2-3-5-11(10)16/h2-8H,1H3,(H,17,18,19). The van der Waals surface area contributed by atoms with Crippen molar-refractivity contribution < 1.29 is 9.21 Å². The fraction of sp³-hybridized carbons (Fsp3) is 0.0667. The molecule has 106 valence electrons. The van der Waals surface area contributed by atoms with Crippen molar-refractivity contribution in [2.75, 3.05) is 5.32 Å². The summed E-state index contributed by atoms with van der Waals surface area (Å²) in [5.41, 5.74) is 1.62. The predicted molar refractivity (Wildman–Crippen MR) is 84.0 cm³/mol. The summed E-state index contributed by atoms with van der Waals surface area (Å²) >= 11 is 7.48. The normalized spacial score (nSPS) is 10.6. The molecule has 0 spiro atoms. The molecule has 1 N–H and O–H groups in total. The van der Waals surface area contributed by atoms with Crippen molar-refractivity contribution in [3.8, 4) is 11.3 Å². The van der Waals surface area contributed by atoms with Crippen molar-refractivity contribution in [2.24, 2.45) is 0 Å². The van der Waals surface area contributed by atoms with E-state index in [1.165, 1.54) is 11.3 Å². The molecule has 6 heteroatoms. The van der Waals surface area contributed by atoms with Crippen LogP contribution >= 0.6 is 22.9 Å². The molecule has 0 aliphatic rings. The van der Waals surface area contributed by atoms with Crippen molar-refractivity contribution in [3.63, 3.8) is 0 Å². The summed E-state index contributed by atoms with van der Waals surface area (Å²) in [6.07, 6.45) is 0. The highest BCUT2D eigenvalue weighted by Crippen LogP contribution is 2.29. The molecule has 2 heterocycles. The first-order valence-corrected chi connectivity index (χ1v) is 7.47. The van der Waals surface area contributed by atoms with Gasteiger partial charge in [-0.2, -0.15) is 0 Å². The van der Waals surface area contributed by atoms with Gasteiger partial charge in [0.1, 0.15) is 5.76 Å². The molecule has 0 unspecified atom stereocenters. The molecule has 0 atom stereocenters. The third-order valence-electron chi connectivity index (χ3n) is 2.81. The van der Waals surface area contributed by atoms with E-state index in [9.17, 15) is 4.79 Å². The second kappa shape index (κ2) is 5.71. The fourth-order valence-electron chi connectivity index (χ4n) is 1.84. The van der Waals surface area contributed by atoms with Crippen LogP contribution in [0.5, 0.6) is 0 Å². The van der Waals surface area contributed by atoms with Crippen LogP contribution in [0, 0.1) is 6.92 Å². The van der Waals surface area contributed by atoms with E-state index in [0.717, 1.165) is 11.3 Å². The molecule has 0 saturated heterocycles. The number of aryl methyl sites for hydroxylation is 1. The van der Waals surface area contributed by atoms with Gasteiger partial charge in [0.25, 0.3) is 5.91 Å². The lowest BCUT2D eigenvalue weighted by Gasteiger charge is -2.00. The van der Waals surface area contributed by atoms with Crippen LogP contribution in [-0.4, -0.2) is 10.9 Å². The zero-order chi connectivity index (χ0) is 14.8. The molecule has 0 radical (unpaired) electrons. The van der Waals surface area contributed by atoms with E-state index in [2.05, 4.69) is 10.3 Å². The molecule has 1 aromatic carbocycles. The van der Waals surface area contributed by atoms with Crippen LogP contribution in [0.3, 0.4) is 0 Å². The van der Waals surface area contributed by atoms with Crippen LogP contribution in [-0.2, 0) is 0 Å². The SMILES string of the molecule is Cc1csc(NC(=O)c2ccc(-c3ccccc3Cl)o2)n1. The quantitative estimate of drug-likeness (QED) is 0.766. The number of amides is 1. The largest absolute Gasteiger partial charge is 0.451 e. The molecule has 0 aliphatic heterocycles. The Morgan fingerprint density at radius 3 is 2.81 bits per heavy atom. The van der Waals surface area contributed by atoms with Crippen LogP contribution in [0.25, 0.3) is 11.3 Å². The Kier molecular flexibility index (Phi) is 3.77. The smallest absolute Gasteiger partial charge is 0.293 e. The Bertz CT molecular complexity index is 794. The first-order valence-electron chi connectivity index (χ1n) is 6.22. The summed E-state index contributed by atoms with van der Waals surface area (Å²) in [7, 11) is 0. The lowest BCUT2D eigenvalue weighted by Crippen LogP contribution is -2.10. The van der Waals surface area contributed by atoms with Gasteiger partial charge in [-0.3, -0.25) is 10.1 Å². The van der Waals surface area contributed by atoms with Crippen molar-refractivity contribution in [1.29, 1.82) is 0 Å². The summed E-state index contributed by atoms with van der Waals surface area (Å²) in [4.78, 5) is 16.3. The number of carbonyl (C=O) groups excluding carboxylic acids is 1. The summed E-state index contributed by atoms with van der Waals surface area (Å²) < 4.78 is 5.57. The minimum absolute atomic E-state index is 0.220. The number of hydrogen-bond donors (Lipinski definition) is 1. The summed E-state index contributed by atoms with van der Waals surface area (Å²) in [5.74, 6) is 0.446. The molecule has 1 amide bonds. The topological polar surface area (TPSA) is 55.1 Å². The van der Waals surface area contributed by atoms with E-state index >= 15 is 0 Å². The summed E-state index contributed by atoms with van der Waals surface area (Å²) in [6, 6.07) is 10.7. The molecule has 2 aromatic heterocycles. The Morgan fingerprint density at radius 1 is 1.29 bits per heavy atom. The summed E-state index contributed by atoms with van der Waals surface area (Å²) in [6.45, 7) is 1.87. The number of hydrogen-bond acceptors (Lipinski definition) is 4. The number of anilines is 1. The van der Waals surface area contributed by atoms with E-state index in [1.807, 2.05) is 30.5 Å². The molecule has 3 rings (SSSR count). The highest BCUT2D eigenvalue weighted by Gasteiger charge is 2.14. The van der Waals surface area contributed by atoms with Crippen molar-refractivity contribution in [2.45, 2.75) is 6.92 Å². The number of carbonyl (C=O) groups is 1. The Hall–Kier alpha value is -2.11. The minimum atomic E-state index is -0.331. The maximum Gasteiger partial charge on any atom is 0.293 e. The van der Waals surface area contributed by atoms with Crippen LogP contribution in [0.2, 0.25) is 5.02 Å². The number of aromatic nitrogens is 1. The number of halogens is 1. The monoisotopic (exact) mass is 318 g/mol. The molecule has 0 bridgehead atoms. The molecule has 3 aromatic rings. The van der Waals surface area contributed by atoms with E-state index < -0.39 is 0 Å². The van der Waals surface area contributed by atoms with Gasteiger partial charge in [0, 0.05) is 10.9 Å². The average molecular weight is 319 g/mol. The third kappa shape index (κ3) is 2.99. The number of nitrogens with one attached hydrogen (secondary N) is 1. The maximum atomic E-state index is 12.1. The Balaban J connectivity index is 1.82. The van der Waals surface area contributed by atoms with Gasteiger partial charge in [-0.1, -0.05) is 23.7 Å². The number of thiazole rings is 1. The van der Waals surface area contributed by atoms with Gasteiger partial charge in [0.05, 0.1) is 10.7 Å². The van der Waals surface area contributed by atoms with Crippen LogP contribution < -0.4 is 5.32 Å². The van der Waals surface area contributed by atoms with Crippen LogP contribution in [0.1, 0.15) is 16.2 Å². The second-order valence-electron chi connectivity index (χ2n) is 4.39. The minimum Gasteiger partial charge on any atom is -0.451 e. The van der Waals surface area contributed by atoms with E-state index in [4.69, 9.17) is 16.0 Å². The first kappa shape index (κ1) is 13.9.